The number of anilines is 1. The Balaban J connectivity index is 3.06. The second-order valence-electron chi connectivity index (χ2n) is 5.11. The summed E-state index contributed by atoms with van der Waals surface area (Å²) in [5, 5.41) is 11.0. The lowest BCUT2D eigenvalue weighted by Crippen LogP contribution is -2.36. The van der Waals surface area contributed by atoms with Crippen LogP contribution >= 0.6 is 23.2 Å². The molecule has 0 aromatic carbocycles. The molecule has 1 aromatic heterocycles. The van der Waals surface area contributed by atoms with Crippen molar-refractivity contribution in [1.82, 2.24) is 9.97 Å². The van der Waals surface area contributed by atoms with Crippen LogP contribution in [0, 0.1) is 11.2 Å². The number of hydrogen-bond acceptors (Lipinski definition) is 4. The second kappa shape index (κ2) is 5.88. The summed E-state index contributed by atoms with van der Waals surface area (Å²) in [6.45, 7) is 5.49. The van der Waals surface area contributed by atoms with E-state index in [9.17, 15) is 9.18 Å². The van der Waals surface area contributed by atoms with Gasteiger partial charge in [0.2, 0.25) is 11.1 Å². The van der Waals surface area contributed by atoms with Gasteiger partial charge in [0.1, 0.15) is 0 Å². The summed E-state index contributed by atoms with van der Waals surface area (Å²) < 4.78 is 13.7. The van der Waals surface area contributed by atoms with Gasteiger partial charge in [-0.2, -0.15) is 9.37 Å². The van der Waals surface area contributed by atoms with Gasteiger partial charge < -0.3 is 10.4 Å². The fraction of sp³-hybridized carbons (Fsp3) is 0.545. The highest BCUT2D eigenvalue weighted by atomic mass is 35.5. The molecule has 0 spiro atoms. The molecule has 1 aromatic rings. The topological polar surface area (TPSA) is 75.1 Å². The highest BCUT2D eigenvalue weighted by Crippen LogP contribution is 2.28. The van der Waals surface area contributed by atoms with Gasteiger partial charge in [-0.15, -0.1) is 0 Å². The third-order valence-corrected chi connectivity index (χ3v) is 2.94. The molecule has 1 heterocycles. The number of carbonyl (C=O) groups is 1. The molecule has 8 heteroatoms. The summed E-state index contributed by atoms with van der Waals surface area (Å²) in [6.07, 6.45) is -0.192. The number of nitrogens with one attached hydrogen (secondary N) is 1. The van der Waals surface area contributed by atoms with Gasteiger partial charge in [0.15, 0.2) is 11.0 Å². The van der Waals surface area contributed by atoms with Crippen molar-refractivity contribution in [3.8, 4) is 0 Å². The summed E-state index contributed by atoms with van der Waals surface area (Å²) in [6, 6.07) is -0.540. The smallest absolute Gasteiger partial charge is 0.305 e. The number of nitrogens with zero attached hydrogens (tertiary/aromatic N) is 2. The second-order valence-corrected chi connectivity index (χ2v) is 5.80. The van der Waals surface area contributed by atoms with Crippen LogP contribution in [0.15, 0.2) is 0 Å². The summed E-state index contributed by atoms with van der Waals surface area (Å²) in [4.78, 5) is 18.0. The molecule has 0 radical (unpaired) electrons. The first kappa shape index (κ1) is 15.9. The molecule has 106 valence electrons. The maximum Gasteiger partial charge on any atom is 0.305 e. The van der Waals surface area contributed by atoms with Crippen molar-refractivity contribution in [1.29, 1.82) is 0 Å². The average molecular weight is 310 g/mol. The van der Waals surface area contributed by atoms with E-state index in [1.807, 2.05) is 20.8 Å². The average Bonchev–Trinajstić information content (AvgIpc) is 2.22. The Kier molecular flexibility index (Phi) is 4.92. The predicted octanol–water partition coefficient (Wildman–Crippen LogP) is 3.22. The predicted molar refractivity (Wildman–Crippen MR) is 71.1 cm³/mol. The third kappa shape index (κ3) is 4.47. The van der Waals surface area contributed by atoms with Crippen molar-refractivity contribution in [3.63, 3.8) is 0 Å². The number of carboxylic acid groups (broad SMARTS) is 1. The fourth-order valence-electron chi connectivity index (χ4n) is 1.40. The molecule has 1 unspecified atom stereocenters. The first-order valence-corrected chi connectivity index (χ1v) is 6.23. The monoisotopic (exact) mass is 309 g/mol. The molecular weight excluding hydrogens is 296 g/mol. The van der Waals surface area contributed by atoms with Crippen molar-refractivity contribution >= 4 is 35.0 Å². The van der Waals surface area contributed by atoms with E-state index in [2.05, 4.69) is 15.3 Å². The summed E-state index contributed by atoms with van der Waals surface area (Å²) in [7, 11) is 0. The maximum absolute atomic E-state index is 13.7. The number of rotatable bonds is 4. The number of aromatic nitrogens is 2. The lowest BCUT2D eigenvalue weighted by Gasteiger charge is -2.30. The maximum atomic E-state index is 13.7. The molecule has 1 rings (SSSR count). The molecule has 0 aliphatic rings. The van der Waals surface area contributed by atoms with Crippen LogP contribution < -0.4 is 5.32 Å². The van der Waals surface area contributed by atoms with Crippen molar-refractivity contribution in [3.05, 3.63) is 16.3 Å². The minimum absolute atomic E-state index is 0.192. The minimum Gasteiger partial charge on any atom is -0.481 e. The molecular formula is C11H14Cl2FN3O2. The van der Waals surface area contributed by atoms with Gasteiger partial charge in [-0.1, -0.05) is 32.4 Å². The zero-order chi connectivity index (χ0) is 14.8. The third-order valence-electron chi connectivity index (χ3n) is 2.52. The van der Waals surface area contributed by atoms with E-state index in [4.69, 9.17) is 28.3 Å². The molecule has 2 N–H and O–H groups in total. The standard InChI is InChI=1S/C11H14Cl2FN3O2/c1-11(2,3)5(4-6(18)19)15-9-7(14)8(12)16-10(13)17-9/h5H,4H2,1-3H3,(H,18,19)(H,15,16,17). The zero-order valence-electron chi connectivity index (χ0n) is 10.7. The number of halogens is 3. The van der Waals surface area contributed by atoms with E-state index in [1.54, 1.807) is 0 Å². The first-order valence-electron chi connectivity index (χ1n) is 5.48. The quantitative estimate of drug-likeness (QED) is 0.659. The van der Waals surface area contributed by atoms with Crippen molar-refractivity contribution < 1.29 is 14.3 Å². The van der Waals surface area contributed by atoms with Gasteiger partial charge in [-0.25, -0.2) is 4.98 Å². The van der Waals surface area contributed by atoms with Crippen molar-refractivity contribution in [2.75, 3.05) is 5.32 Å². The van der Waals surface area contributed by atoms with Crippen LogP contribution in [-0.4, -0.2) is 27.1 Å². The van der Waals surface area contributed by atoms with Gasteiger partial charge in [-0.3, -0.25) is 4.79 Å². The number of aliphatic carboxylic acids is 1. The number of hydrogen-bond donors (Lipinski definition) is 2. The van der Waals surface area contributed by atoms with E-state index in [-0.39, 0.29) is 17.5 Å². The van der Waals surface area contributed by atoms with Gasteiger partial charge in [0.05, 0.1) is 6.42 Å². The molecule has 0 fully saturated rings. The van der Waals surface area contributed by atoms with E-state index in [0.717, 1.165) is 0 Å². The molecule has 5 nitrogen and oxygen atoms in total. The van der Waals surface area contributed by atoms with Crippen LogP contribution in [-0.2, 0) is 4.79 Å². The SMILES string of the molecule is CC(C)(C)C(CC(=O)O)Nc1nc(Cl)nc(Cl)c1F. The van der Waals surface area contributed by atoms with Crippen LogP contribution in [0.4, 0.5) is 10.2 Å². The molecule has 1 atom stereocenters. The van der Waals surface area contributed by atoms with Crippen LogP contribution in [0.5, 0.6) is 0 Å². The molecule has 0 saturated heterocycles. The van der Waals surface area contributed by atoms with Crippen LogP contribution in [0.3, 0.4) is 0 Å². The molecule has 0 aliphatic heterocycles. The Morgan fingerprint density at radius 1 is 1.42 bits per heavy atom. The molecule has 0 aliphatic carbocycles. The zero-order valence-corrected chi connectivity index (χ0v) is 12.2. The fourth-order valence-corrected chi connectivity index (χ4v) is 1.78. The van der Waals surface area contributed by atoms with Crippen LogP contribution in [0.1, 0.15) is 27.2 Å². The minimum atomic E-state index is -1.00. The Morgan fingerprint density at radius 3 is 2.47 bits per heavy atom. The Labute approximate surface area is 120 Å². The summed E-state index contributed by atoms with van der Waals surface area (Å²) >= 11 is 11.2. The van der Waals surface area contributed by atoms with Crippen LogP contribution in [0.2, 0.25) is 10.4 Å². The number of carboxylic acids is 1. The van der Waals surface area contributed by atoms with E-state index < -0.39 is 28.4 Å². The molecule has 0 bridgehead atoms. The highest BCUT2D eigenvalue weighted by Gasteiger charge is 2.28. The molecule has 0 saturated carbocycles. The molecule has 0 amide bonds. The summed E-state index contributed by atoms with van der Waals surface area (Å²) in [5.74, 6) is -2.06. The van der Waals surface area contributed by atoms with Gasteiger partial charge in [0.25, 0.3) is 0 Å². The lowest BCUT2D eigenvalue weighted by molar-refractivity contribution is -0.137. The normalized spacial score (nSPS) is 13.2. The molecule has 19 heavy (non-hydrogen) atoms. The summed E-state index contributed by atoms with van der Waals surface area (Å²) in [5.41, 5.74) is -0.422. The van der Waals surface area contributed by atoms with E-state index >= 15 is 0 Å². The first-order chi connectivity index (χ1) is 8.61. The Bertz CT molecular complexity index is 492. The van der Waals surface area contributed by atoms with Gasteiger partial charge >= 0.3 is 5.97 Å². The Hall–Kier alpha value is -1.14. The lowest BCUT2D eigenvalue weighted by atomic mass is 9.85. The Morgan fingerprint density at radius 2 is 2.00 bits per heavy atom. The van der Waals surface area contributed by atoms with Gasteiger partial charge in [0, 0.05) is 6.04 Å². The van der Waals surface area contributed by atoms with Crippen molar-refractivity contribution in [2.45, 2.75) is 33.2 Å². The highest BCUT2D eigenvalue weighted by molar-refractivity contribution is 6.32. The van der Waals surface area contributed by atoms with Crippen LogP contribution in [0.25, 0.3) is 0 Å². The van der Waals surface area contributed by atoms with Crippen molar-refractivity contribution in [2.24, 2.45) is 5.41 Å². The van der Waals surface area contributed by atoms with E-state index in [0.29, 0.717) is 0 Å². The largest absolute Gasteiger partial charge is 0.481 e. The van der Waals surface area contributed by atoms with Gasteiger partial charge in [-0.05, 0) is 17.0 Å². The van der Waals surface area contributed by atoms with E-state index in [1.165, 1.54) is 0 Å².